The number of hydrogen-bond acceptors (Lipinski definition) is 11. The molecule has 12 heteroatoms. The quantitative estimate of drug-likeness (QED) is 0.0294. The smallest absolute Gasteiger partial charge is 0.410 e. The Hall–Kier alpha value is -5.27. The highest BCUT2D eigenvalue weighted by molar-refractivity contribution is 6.03. The van der Waals surface area contributed by atoms with Crippen molar-refractivity contribution in [3.8, 4) is 11.5 Å². The fraction of sp³-hybridized carbons (Fsp3) is 0.571. The molecule has 12 nitrogen and oxygen atoms in total. The summed E-state index contributed by atoms with van der Waals surface area (Å²) in [4.78, 5) is 28.4. The molecule has 7 atom stereocenters. The maximum Gasteiger partial charge on any atom is 0.410 e. The Morgan fingerprint density at radius 2 is 1.64 bits per heavy atom. The summed E-state index contributed by atoms with van der Waals surface area (Å²) in [7, 11) is 0. The second kappa shape index (κ2) is 28.7. The van der Waals surface area contributed by atoms with Crippen LogP contribution in [0.5, 0.6) is 11.5 Å². The number of aryl methyl sites for hydroxylation is 1. The zero-order valence-electron chi connectivity index (χ0n) is 45.0. The molecule has 1 saturated carbocycles. The molecule has 1 saturated heterocycles. The number of unbranched alkanes of at least 4 members (excludes halogenated alkanes) is 11. The minimum Gasteiger partial charge on any atom is -0.487 e. The maximum absolute atomic E-state index is 15.4. The molecule has 0 bridgehead atoms. The number of nitrogens with zero attached hydrogens (tertiary/aromatic N) is 3. The van der Waals surface area contributed by atoms with E-state index in [1.54, 1.807) is 6.08 Å². The summed E-state index contributed by atoms with van der Waals surface area (Å²) in [5.74, 6) is -0.717. The average Bonchev–Trinajstić information content (AvgIpc) is 3.43. The number of rotatable bonds is 30. The molecule has 8 rings (SSSR count). The van der Waals surface area contributed by atoms with Crippen LogP contribution in [0.15, 0.2) is 108 Å². The Morgan fingerprint density at radius 1 is 0.880 bits per heavy atom. The highest BCUT2D eigenvalue weighted by atomic mass is 16.8. The molecule has 2 fully saturated rings. The van der Waals surface area contributed by atoms with Gasteiger partial charge in [-0.15, -0.1) is 6.58 Å². The van der Waals surface area contributed by atoms with Gasteiger partial charge in [-0.3, -0.25) is 9.88 Å². The lowest BCUT2D eigenvalue weighted by Gasteiger charge is -2.60. The van der Waals surface area contributed by atoms with Gasteiger partial charge in [0, 0.05) is 43.2 Å². The third-order valence-corrected chi connectivity index (χ3v) is 16.0. The van der Waals surface area contributed by atoms with Gasteiger partial charge in [-0.05, 0) is 116 Å². The number of aliphatic hydroxyl groups is 2. The Balaban J connectivity index is 1.24. The van der Waals surface area contributed by atoms with Crippen molar-refractivity contribution in [1.82, 2.24) is 9.88 Å². The number of oxime groups is 1. The number of carbonyl (C=O) groups is 1. The first-order chi connectivity index (χ1) is 36.9. The molecule has 2 N–H and O–H groups in total. The van der Waals surface area contributed by atoms with Crippen molar-refractivity contribution in [2.75, 3.05) is 33.0 Å². The maximum atomic E-state index is 15.4. The lowest BCUT2D eigenvalue weighted by Crippen LogP contribution is -2.70. The van der Waals surface area contributed by atoms with Gasteiger partial charge in [0.1, 0.15) is 24.1 Å². The van der Waals surface area contributed by atoms with E-state index in [9.17, 15) is 10.2 Å². The molecule has 1 amide bonds. The summed E-state index contributed by atoms with van der Waals surface area (Å²) in [5.41, 5.74) is 5.40. The number of fused-ring (bicyclic) bond motifs is 3. The van der Waals surface area contributed by atoms with Crippen LogP contribution in [0.2, 0.25) is 0 Å². The van der Waals surface area contributed by atoms with Gasteiger partial charge >= 0.3 is 6.09 Å². The minimum absolute atomic E-state index is 0.0458. The summed E-state index contributed by atoms with van der Waals surface area (Å²) in [6.07, 6.45) is 22.5. The lowest BCUT2D eigenvalue weighted by molar-refractivity contribution is -0.256. The molecular weight excluding hydrogens is 943 g/mol. The number of aliphatic hydroxyl groups excluding tert-OH is 2. The molecule has 1 aromatic heterocycles. The number of aromatic nitrogens is 1. The zero-order valence-corrected chi connectivity index (χ0v) is 45.0. The summed E-state index contributed by atoms with van der Waals surface area (Å²) in [5, 5.41) is 27.5. The van der Waals surface area contributed by atoms with Crippen molar-refractivity contribution in [2.24, 2.45) is 22.9 Å². The van der Waals surface area contributed by atoms with E-state index in [1.165, 1.54) is 44.9 Å². The number of carbonyl (C=O) groups excluding carboxylic acids is 1. The van der Waals surface area contributed by atoms with Crippen LogP contribution in [-0.4, -0.2) is 83.1 Å². The van der Waals surface area contributed by atoms with E-state index in [1.807, 2.05) is 54.3 Å². The monoisotopic (exact) mass is 1030 g/mol. The SMILES string of the molecule is C=CCO[C@@]12Oc3ccc(OCc4cccc(C)n4)cc3[C@H]3[C@H](CCCCO)[C@@H](CCCCO)C=C(C(=NOC4CCCCO4)C[C@@H]1N(Cc1cccc4ccccc14)C(=O)OCCCCCCCCCCCC)[C@H]32. The predicted octanol–water partition coefficient (Wildman–Crippen LogP) is 13.8. The normalized spacial score (nSPS) is 23.4. The van der Waals surface area contributed by atoms with Crippen molar-refractivity contribution in [1.29, 1.82) is 0 Å². The van der Waals surface area contributed by atoms with Crippen LogP contribution in [0.1, 0.15) is 164 Å². The molecule has 2 aliphatic heterocycles. The molecule has 2 aliphatic carbocycles. The van der Waals surface area contributed by atoms with E-state index < -0.39 is 30.1 Å². The number of ether oxygens (including phenoxy) is 5. The minimum atomic E-state index is -1.46. The van der Waals surface area contributed by atoms with Crippen LogP contribution in [-0.2, 0) is 32.2 Å². The molecule has 3 heterocycles. The molecule has 0 radical (unpaired) electrons. The Kier molecular flexibility index (Phi) is 21.4. The Morgan fingerprint density at radius 3 is 2.40 bits per heavy atom. The van der Waals surface area contributed by atoms with Crippen LogP contribution in [0.4, 0.5) is 4.79 Å². The van der Waals surface area contributed by atoms with Crippen LogP contribution >= 0.6 is 0 Å². The van der Waals surface area contributed by atoms with E-state index in [-0.39, 0.29) is 50.5 Å². The van der Waals surface area contributed by atoms with E-state index >= 15 is 4.79 Å². The van der Waals surface area contributed by atoms with Crippen molar-refractivity contribution in [2.45, 2.75) is 179 Å². The van der Waals surface area contributed by atoms with Gasteiger partial charge in [-0.1, -0.05) is 143 Å². The predicted molar refractivity (Wildman–Crippen MR) is 296 cm³/mol. The molecule has 4 aromatic rings. The largest absolute Gasteiger partial charge is 0.487 e. The first kappa shape index (κ1) is 55.9. The van der Waals surface area contributed by atoms with E-state index in [2.05, 4.69) is 56.0 Å². The topological polar surface area (TPSA) is 141 Å². The highest BCUT2D eigenvalue weighted by Crippen LogP contribution is 2.62. The van der Waals surface area contributed by atoms with E-state index in [0.717, 1.165) is 109 Å². The first-order valence-electron chi connectivity index (χ1n) is 28.7. The van der Waals surface area contributed by atoms with Crippen LogP contribution < -0.4 is 9.47 Å². The van der Waals surface area contributed by atoms with Gasteiger partial charge in [-0.2, -0.15) is 0 Å². The number of amides is 1. The lowest BCUT2D eigenvalue weighted by atomic mass is 9.55. The second-order valence-electron chi connectivity index (χ2n) is 21.3. The van der Waals surface area contributed by atoms with Gasteiger partial charge in [0.25, 0.3) is 0 Å². The Bertz CT molecular complexity index is 2480. The highest BCUT2D eigenvalue weighted by Gasteiger charge is 2.66. The summed E-state index contributed by atoms with van der Waals surface area (Å²) in [6.45, 7) is 10.1. The van der Waals surface area contributed by atoms with Gasteiger partial charge in [0.2, 0.25) is 12.1 Å². The molecule has 4 aliphatic rings. The number of pyridine rings is 1. The molecule has 3 aromatic carbocycles. The van der Waals surface area contributed by atoms with Crippen molar-refractivity contribution in [3.63, 3.8) is 0 Å². The number of hydrogen-bond donors (Lipinski definition) is 2. The Labute approximate surface area is 446 Å². The van der Waals surface area contributed by atoms with Crippen LogP contribution in [0.25, 0.3) is 10.8 Å². The van der Waals surface area contributed by atoms with Gasteiger partial charge in [0.05, 0.1) is 43.7 Å². The fourth-order valence-electron chi connectivity index (χ4n) is 12.2. The molecule has 1 unspecified atom stereocenters. The standard InChI is InChI=1S/C63H85N3O9/c1-4-6-7-8-9-10-11-12-13-21-40-71-62(69)66(44-49-29-24-28-47-26-14-15-31-52(47)49)58-43-56(65-75-59-33-18-22-39-70-59)54-41-48(27-16-19-36-67)53(32-17-20-37-68)60-55-42-51(72-45-50-30-23-25-46(3)64-50)34-35-57(55)74-63(58,61(54)60)73-38-5-2/h5,14-15,23-26,28-31,34-35,41-42,48,53,58-61,67-68H,2,4,6-13,16-22,27,32-33,36-40,43-45H2,1,3H3/t48-,53+,58-,59?,60+,61+,63+/m0/s1. The molecular formula is C63H85N3O9. The summed E-state index contributed by atoms with van der Waals surface area (Å²) in [6, 6.07) is 25.8. The third-order valence-electron chi connectivity index (χ3n) is 16.0. The van der Waals surface area contributed by atoms with Gasteiger partial charge < -0.3 is 38.7 Å². The van der Waals surface area contributed by atoms with Gasteiger partial charge in [0.15, 0.2) is 0 Å². The average molecular weight is 1030 g/mol. The molecule has 0 spiro atoms. The van der Waals surface area contributed by atoms with E-state index in [4.69, 9.17) is 38.7 Å². The van der Waals surface area contributed by atoms with E-state index in [0.29, 0.717) is 44.2 Å². The zero-order chi connectivity index (χ0) is 52.2. The summed E-state index contributed by atoms with van der Waals surface area (Å²) < 4.78 is 34.0. The number of allylic oxidation sites excluding steroid dienone is 1. The van der Waals surface area contributed by atoms with Crippen molar-refractivity contribution in [3.05, 3.63) is 126 Å². The van der Waals surface area contributed by atoms with Crippen LogP contribution in [0, 0.1) is 24.7 Å². The molecule has 75 heavy (non-hydrogen) atoms. The second-order valence-corrected chi connectivity index (χ2v) is 21.3. The fourth-order valence-corrected chi connectivity index (χ4v) is 12.2. The van der Waals surface area contributed by atoms with Crippen molar-refractivity contribution >= 4 is 22.6 Å². The third kappa shape index (κ3) is 14.4. The summed E-state index contributed by atoms with van der Waals surface area (Å²) >= 11 is 0. The van der Waals surface area contributed by atoms with Crippen LogP contribution in [0.3, 0.4) is 0 Å². The molecule has 406 valence electrons. The number of benzene rings is 3. The van der Waals surface area contributed by atoms with Crippen molar-refractivity contribution < 1.29 is 43.5 Å². The first-order valence-corrected chi connectivity index (χ1v) is 28.7. The van der Waals surface area contributed by atoms with Gasteiger partial charge in [-0.25, -0.2) is 4.79 Å².